The molecule has 4 aliphatic carbocycles. The van der Waals surface area contributed by atoms with E-state index in [0.29, 0.717) is 18.3 Å². The van der Waals surface area contributed by atoms with Crippen molar-refractivity contribution in [2.45, 2.75) is 76.8 Å². The van der Waals surface area contributed by atoms with Gasteiger partial charge in [-0.25, -0.2) is 0 Å². The molecular formula is C18H30O2. The molecule has 2 nitrogen and oxygen atoms in total. The molecule has 0 saturated heterocycles. The van der Waals surface area contributed by atoms with Crippen LogP contribution in [0.5, 0.6) is 0 Å². The van der Waals surface area contributed by atoms with E-state index in [-0.39, 0.29) is 29.8 Å². The zero-order valence-corrected chi connectivity index (χ0v) is 12.3. The molecule has 2 heteroatoms. The quantitative estimate of drug-likeness (QED) is 0.715. The smallest absolute Gasteiger partial charge is 0.0600 e. The van der Waals surface area contributed by atoms with Crippen molar-refractivity contribution in [1.29, 1.82) is 0 Å². The van der Waals surface area contributed by atoms with Gasteiger partial charge in [0.25, 0.3) is 0 Å². The molecule has 0 aromatic carbocycles. The highest BCUT2D eigenvalue weighted by atomic mass is 16.3. The van der Waals surface area contributed by atoms with Gasteiger partial charge in [0, 0.05) is 5.48 Å². The van der Waals surface area contributed by atoms with Gasteiger partial charge >= 0.3 is 0 Å². The van der Waals surface area contributed by atoms with E-state index in [2.05, 4.69) is 6.92 Å². The molecule has 20 heavy (non-hydrogen) atoms. The first kappa shape index (κ1) is 9.15. The van der Waals surface area contributed by atoms with E-state index in [0.717, 1.165) is 32.1 Å². The Morgan fingerprint density at radius 1 is 1.00 bits per heavy atom. The van der Waals surface area contributed by atoms with E-state index < -0.39 is 24.7 Å². The molecule has 114 valence electrons. The van der Waals surface area contributed by atoms with Crippen LogP contribution >= 0.6 is 0 Å². The number of hydrogen-bond donors (Lipinski definition) is 2. The van der Waals surface area contributed by atoms with Gasteiger partial charge in [-0.15, -0.1) is 0 Å². The number of fused-ring (bicyclic) bond motifs is 5. The summed E-state index contributed by atoms with van der Waals surface area (Å²) in [4.78, 5) is 0. The van der Waals surface area contributed by atoms with Gasteiger partial charge in [-0.1, -0.05) is 6.92 Å². The standard InChI is InChI=1S/C18H30O2/c1-18-9-8-14-13-5-3-12(19)10-11(13)2-4-15(14)16(18)6-7-17(18)20/h11-17,19-20H,2-10H2,1H3/t11-,12+,13-,14+,15+,16-,17+,18-/m0/s1/i3D2,10D2,12D. The first-order valence-electron chi connectivity index (χ1n) is 10.8. The van der Waals surface area contributed by atoms with Gasteiger partial charge < -0.3 is 10.2 Å². The van der Waals surface area contributed by atoms with Crippen molar-refractivity contribution in [3.8, 4) is 0 Å². The van der Waals surface area contributed by atoms with Crippen LogP contribution in [0.3, 0.4) is 0 Å². The highest BCUT2D eigenvalue weighted by molar-refractivity contribution is 5.06. The van der Waals surface area contributed by atoms with E-state index in [4.69, 9.17) is 6.85 Å². The highest BCUT2D eigenvalue weighted by Crippen LogP contribution is 2.62. The van der Waals surface area contributed by atoms with Crippen LogP contribution in [0.15, 0.2) is 0 Å². The lowest BCUT2D eigenvalue weighted by Crippen LogP contribution is -2.49. The largest absolute Gasteiger partial charge is 0.393 e. The number of hydrogen-bond acceptors (Lipinski definition) is 2. The van der Waals surface area contributed by atoms with Gasteiger partial charge in [0.15, 0.2) is 0 Å². The summed E-state index contributed by atoms with van der Waals surface area (Å²) in [6, 6.07) is 0. The second-order valence-electron chi connectivity index (χ2n) is 7.79. The first-order chi connectivity index (χ1) is 11.4. The molecule has 8 atom stereocenters. The van der Waals surface area contributed by atoms with Crippen LogP contribution in [0.25, 0.3) is 0 Å². The molecule has 4 fully saturated rings. The summed E-state index contributed by atoms with van der Waals surface area (Å²) in [6.45, 7) is 2.19. The Hall–Kier alpha value is -0.0800. The predicted molar refractivity (Wildman–Crippen MR) is 79.1 cm³/mol. The molecular weight excluding hydrogens is 248 g/mol. The third-order valence-electron chi connectivity index (χ3n) is 7.15. The molecule has 2 N–H and O–H groups in total. The van der Waals surface area contributed by atoms with Crippen LogP contribution in [-0.4, -0.2) is 22.4 Å². The molecule has 0 radical (unpaired) electrons. The molecule has 4 saturated carbocycles. The zero-order valence-electron chi connectivity index (χ0n) is 17.3. The van der Waals surface area contributed by atoms with Crippen molar-refractivity contribution in [2.24, 2.45) is 35.0 Å². The Morgan fingerprint density at radius 3 is 2.70 bits per heavy atom. The predicted octanol–water partition coefficient (Wildman–Crippen LogP) is 3.36. The summed E-state index contributed by atoms with van der Waals surface area (Å²) in [6.07, 6.45) is -2.19. The summed E-state index contributed by atoms with van der Waals surface area (Å²) in [5.41, 5.74) is -0.0448. The minimum absolute atomic E-state index is 0.0448. The van der Waals surface area contributed by atoms with Crippen molar-refractivity contribution in [3.63, 3.8) is 0 Å². The number of aliphatic hydroxyl groups excluding tert-OH is 1. The van der Waals surface area contributed by atoms with Gasteiger partial charge in [-0.2, -0.15) is 0 Å². The van der Waals surface area contributed by atoms with Crippen LogP contribution in [0, 0.1) is 35.0 Å². The maximum absolute atomic E-state index is 10.5. The molecule has 0 spiro atoms. The van der Waals surface area contributed by atoms with E-state index in [1.807, 2.05) is 0 Å². The lowest BCUT2D eigenvalue weighted by Gasteiger charge is -2.55. The van der Waals surface area contributed by atoms with Crippen LogP contribution < -0.4 is 0 Å². The maximum atomic E-state index is 10.5. The van der Waals surface area contributed by atoms with Gasteiger partial charge in [0.05, 0.1) is 13.6 Å². The molecule has 0 aromatic rings. The summed E-state index contributed by atoms with van der Waals surface area (Å²) >= 11 is 0. The molecule has 0 aliphatic heterocycles. The van der Waals surface area contributed by atoms with Crippen molar-refractivity contribution in [1.82, 2.24) is 0 Å². The summed E-state index contributed by atoms with van der Waals surface area (Å²) < 4.78 is 41.2. The van der Waals surface area contributed by atoms with Gasteiger partial charge in [-0.3, -0.25) is 0 Å². The van der Waals surface area contributed by atoms with Crippen LogP contribution in [0.1, 0.15) is 71.5 Å². The van der Waals surface area contributed by atoms with Crippen molar-refractivity contribution in [2.75, 3.05) is 0 Å². The number of rotatable bonds is 0. The third-order valence-corrected chi connectivity index (χ3v) is 7.15. The Labute approximate surface area is 130 Å². The molecule has 0 aromatic heterocycles. The lowest BCUT2D eigenvalue weighted by molar-refractivity contribution is -0.0913. The monoisotopic (exact) mass is 283 g/mol. The Kier molecular flexibility index (Phi) is 2.15. The lowest BCUT2D eigenvalue weighted by atomic mass is 9.50. The molecule has 0 heterocycles. The fraction of sp³-hybridized carbons (Fsp3) is 1.00. The van der Waals surface area contributed by atoms with Crippen molar-refractivity contribution < 1.29 is 17.1 Å². The summed E-state index contributed by atoms with van der Waals surface area (Å²) in [5, 5.41) is 20.8. The Morgan fingerprint density at radius 2 is 1.85 bits per heavy atom. The Bertz CT molecular complexity index is 566. The van der Waals surface area contributed by atoms with Gasteiger partial charge in [0.2, 0.25) is 0 Å². The average Bonchev–Trinajstić information content (AvgIpc) is 2.81. The summed E-state index contributed by atoms with van der Waals surface area (Å²) in [7, 11) is 0. The SMILES string of the molecule is [2H]C1([2H])C[C@@H]2[C@H]3CC[C@]4(C)[C@H](O)CC[C@H]4[C@@H]3CC[C@H]2C([2H])([2H])[C@]1([2H])O. The topological polar surface area (TPSA) is 40.5 Å². The molecule has 0 amide bonds. The summed E-state index contributed by atoms with van der Waals surface area (Å²) in [5.74, 6) is 0.548. The van der Waals surface area contributed by atoms with E-state index in [1.54, 1.807) is 0 Å². The first-order valence-corrected chi connectivity index (χ1v) is 8.34. The van der Waals surface area contributed by atoms with Crippen molar-refractivity contribution in [3.05, 3.63) is 0 Å². The third kappa shape index (κ3) is 1.83. The van der Waals surface area contributed by atoms with Gasteiger partial charge in [0.1, 0.15) is 0 Å². The Balaban J connectivity index is 1.67. The van der Waals surface area contributed by atoms with E-state index in [9.17, 15) is 10.2 Å². The molecule has 0 unspecified atom stereocenters. The average molecular weight is 283 g/mol. The normalized spacial score (nSPS) is 71.0. The fourth-order valence-electron chi connectivity index (χ4n) is 6.03. The van der Waals surface area contributed by atoms with E-state index >= 15 is 0 Å². The second-order valence-corrected chi connectivity index (χ2v) is 7.79. The fourth-order valence-corrected chi connectivity index (χ4v) is 6.03. The minimum atomic E-state index is -2.69. The molecule has 4 aliphatic rings. The molecule has 4 rings (SSSR count). The van der Waals surface area contributed by atoms with E-state index in [1.165, 1.54) is 0 Å². The second kappa shape index (κ2) is 4.71. The van der Waals surface area contributed by atoms with Gasteiger partial charge in [-0.05, 0) is 92.7 Å². The van der Waals surface area contributed by atoms with Crippen molar-refractivity contribution >= 4 is 0 Å². The molecule has 0 bridgehead atoms. The minimum Gasteiger partial charge on any atom is -0.393 e. The zero-order chi connectivity index (χ0) is 18.4. The van der Waals surface area contributed by atoms with Crippen LogP contribution in [0.4, 0.5) is 0 Å². The highest BCUT2D eigenvalue weighted by Gasteiger charge is 2.56. The van der Waals surface area contributed by atoms with Crippen LogP contribution in [-0.2, 0) is 0 Å². The maximum Gasteiger partial charge on any atom is 0.0600 e. The number of aliphatic hydroxyl groups is 2. The van der Waals surface area contributed by atoms with Crippen LogP contribution in [0.2, 0.25) is 0 Å².